The minimum absolute atomic E-state index is 0.0737. The van der Waals surface area contributed by atoms with Crippen LogP contribution in [0.3, 0.4) is 0 Å². The molecular weight excluding hydrogens is 753 g/mol. The van der Waals surface area contributed by atoms with E-state index in [-0.39, 0.29) is 41.5 Å². The summed E-state index contributed by atoms with van der Waals surface area (Å²) in [7, 11) is 3.51. The minimum Gasteiger partial charge on any atom is -0.450 e. The van der Waals surface area contributed by atoms with Crippen molar-refractivity contribution in [3.63, 3.8) is 0 Å². The van der Waals surface area contributed by atoms with Crippen molar-refractivity contribution in [1.82, 2.24) is 40.4 Å². The van der Waals surface area contributed by atoms with Crippen molar-refractivity contribution >= 4 is 29.8 Å². The van der Waals surface area contributed by atoms with Gasteiger partial charge in [0.15, 0.2) is 0 Å². The maximum absolute atomic E-state index is 12.3. The number of Topliss-reactive ketones (excluding diaryl/α,β-unsaturated/α-hetero) is 1. The molecular formula is C44H76N8O7. The van der Waals surface area contributed by atoms with Gasteiger partial charge in [0.2, 0.25) is 11.8 Å². The molecule has 0 aromatic heterocycles. The van der Waals surface area contributed by atoms with Gasteiger partial charge < -0.3 is 40.1 Å². The summed E-state index contributed by atoms with van der Waals surface area (Å²) in [6.07, 6.45) is 17.0. The molecule has 0 radical (unpaired) electrons. The Balaban J connectivity index is 0.000000164. The maximum atomic E-state index is 12.3. The number of nitrogens with one attached hydrogen (secondary N) is 3. The van der Waals surface area contributed by atoms with E-state index in [0.717, 1.165) is 84.6 Å². The first kappa shape index (κ1) is 45.5. The summed E-state index contributed by atoms with van der Waals surface area (Å²) in [5, 5.41) is 9.06. The second kappa shape index (κ2) is 21.2. The van der Waals surface area contributed by atoms with Gasteiger partial charge in [0, 0.05) is 76.7 Å². The molecule has 334 valence electrons. The number of likely N-dealkylation sites (tertiary alicyclic amines) is 5. The number of rotatable bonds is 7. The van der Waals surface area contributed by atoms with Crippen molar-refractivity contribution in [2.24, 2.45) is 10.8 Å². The van der Waals surface area contributed by atoms with Gasteiger partial charge in [0.1, 0.15) is 5.78 Å². The Morgan fingerprint density at radius 3 is 1.58 bits per heavy atom. The van der Waals surface area contributed by atoms with Crippen LogP contribution < -0.4 is 16.0 Å². The highest BCUT2D eigenvalue weighted by Crippen LogP contribution is 2.51. The summed E-state index contributed by atoms with van der Waals surface area (Å²) in [5.41, 5.74) is 0.454. The monoisotopic (exact) mass is 829 g/mol. The minimum atomic E-state index is -0.233. The third-order valence-electron chi connectivity index (χ3n) is 14.9. The molecule has 2 saturated carbocycles. The zero-order valence-electron chi connectivity index (χ0n) is 36.8. The van der Waals surface area contributed by atoms with Crippen LogP contribution in [0.1, 0.15) is 117 Å². The lowest BCUT2D eigenvalue weighted by molar-refractivity contribution is -0.132. The first-order valence-electron chi connectivity index (χ1n) is 23.3. The molecule has 8 aliphatic rings. The van der Waals surface area contributed by atoms with E-state index in [1.807, 2.05) is 11.8 Å². The predicted molar refractivity (Wildman–Crippen MR) is 226 cm³/mol. The quantitative estimate of drug-likeness (QED) is 0.345. The van der Waals surface area contributed by atoms with Gasteiger partial charge in [-0.05, 0) is 136 Å². The zero-order chi connectivity index (χ0) is 42.0. The average molecular weight is 829 g/mol. The summed E-state index contributed by atoms with van der Waals surface area (Å²) in [6, 6.07) is 2.04. The molecule has 15 heteroatoms. The Hall–Kier alpha value is -3.01. The van der Waals surface area contributed by atoms with E-state index in [4.69, 9.17) is 9.47 Å². The van der Waals surface area contributed by atoms with E-state index in [2.05, 4.69) is 30.7 Å². The second-order valence-corrected chi connectivity index (χ2v) is 18.7. The van der Waals surface area contributed by atoms with Crippen LogP contribution in [0, 0.1) is 10.8 Å². The number of carbonyl (C=O) groups is 5. The maximum Gasteiger partial charge on any atom is 0.409 e. The lowest BCUT2D eigenvalue weighted by Crippen LogP contribution is -2.58. The standard InChI is InChI=1S/C22H38N4O3.C12H23N3O.C10H15NO3/c1-3-29-21(28)25-13-9-22(16-25)14-18(15-22)24-11-7-17(8-12-24)26-10-5-4-6-19(26)20(27)23-2;1-13-12(16)11-4-2-3-9-15(11)10-5-7-14-8-6-10;1-2-14-9(13)11-4-3-10(7-11)5-8(12)6-10/h17-19H,3-16H2,1-2H3,(H,23,27);10-11,14H,2-9H2,1H3,(H,13,16);2-7H2,1H3/t18?,19-,22?;11-;/m11./s1. The Morgan fingerprint density at radius 1 is 0.627 bits per heavy atom. The van der Waals surface area contributed by atoms with Crippen LogP contribution in [0.15, 0.2) is 0 Å². The molecule has 6 saturated heterocycles. The fourth-order valence-corrected chi connectivity index (χ4v) is 11.6. The van der Waals surface area contributed by atoms with Crippen LogP contribution >= 0.6 is 0 Å². The number of piperidine rings is 4. The van der Waals surface area contributed by atoms with E-state index in [1.165, 1.54) is 64.2 Å². The highest BCUT2D eigenvalue weighted by Gasteiger charge is 2.52. The van der Waals surface area contributed by atoms with Crippen LogP contribution in [-0.2, 0) is 23.9 Å². The van der Waals surface area contributed by atoms with Gasteiger partial charge in [-0.1, -0.05) is 12.8 Å². The van der Waals surface area contributed by atoms with Gasteiger partial charge in [0.25, 0.3) is 0 Å². The summed E-state index contributed by atoms with van der Waals surface area (Å²) in [5.74, 6) is 0.731. The molecule has 15 nitrogen and oxygen atoms in total. The van der Waals surface area contributed by atoms with Gasteiger partial charge in [-0.3, -0.25) is 24.2 Å². The van der Waals surface area contributed by atoms with Gasteiger partial charge in [0.05, 0.1) is 25.3 Å². The highest BCUT2D eigenvalue weighted by atomic mass is 16.6. The van der Waals surface area contributed by atoms with Gasteiger partial charge >= 0.3 is 12.2 Å². The molecule has 2 aliphatic carbocycles. The number of likely N-dealkylation sites (N-methyl/N-ethyl adjacent to an activating group) is 2. The molecule has 2 atom stereocenters. The lowest BCUT2D eigenvalue weighted by Gasteiger charge is -2.52. The number of hydrogen-bond acceptors (Lipinski definition) is 11. The van der Waals surface area contributed by atoms with E-state index in [9.17, 15) is 24.0 Å². The topological polar surface area (TPSA) is 156 Å². The molecule has 3 N–H and O–H groups in total. The first-order chi connectivity index (χ1) is 28.5. The highest BCUT2D eigenvalue weighted by molar-refractivity contribution is 5.86. The molecule has 4 amide bonds. The third kappa shape index (κ3) is 11.3. The van der Waals surface area contributed by atoms with Crippen LogP contribution in [0.4, 0.5) is 9.59 Å². The normalized spacial score (nSPS) is 30.3. The Morgan fingerprint density at radius 2 is 1.10 bits per heavy atom. The molecule has 0 aromatic rings. The number of amides is 4. The molecule has 59 heavy (non-hydrogen) atoms. The Kier molecular flexibility index (Phi) is 16.3. The van der Waals surface area contributed by atoms with E-state index >= 15 is 0 Å². The number of ether oxygens (including phenoxy) is 2. The van der Waals surface area contributed by atoms with Crippen LogP contribution in [0.5, 0.6) is 0 Å². The van der Waals surface area contributed by atoms with Crippen LogP contribution in [0.2, 0.25) is 0 Å². The fourth-order valence-electron chi connectivity index (χ4n) is 11.6. The zero-order valence-corrected chi connectivity index (χ0v) is 36.8. The van der Waals surface area contributed by atoms with E-state index in [1.54, 1.807) is 25.9 Å². The molecule has 0 aromatic carbocycles. The lowest BCUT2D eigenvalue weighted by atomic mass is 9.64. The van der Waals surface area contributed by atoms with E-state index < -0.39 is 0 Å². The molecule has 0 unspecified atom stereocenters. The Labute approximate surface area is 353 Å². The largest absolute Gasteiger partial charge is 0.450 e. The van der Waals surface area contributed by atoms with Crippen LogP contribution in [-0.4, -0.2) is 177 Å². The summed E-state index contributed by atoms with van der Waals surface area (Å²) in [4.78, 5) is 69.7. The van der Waals surface area contributed by atoms with Gasteiger partial charge in [-0.25, -0.2) is 9.59 Å². The molecule has 6 aliphatic heterocycles. The third-order valence-corrected chi connectivity index (χ3v) is 14.9. The van der Waals surface area contributed by atoms with Crippen LogP contribution in [0.25, 0.3) is 0 Å². The van der Waals surface area contributed by atoms with Crippen molar-refractivity contribution < 1.29 is 33.4 Å². The van der Waals surface area contributed by atoms with Crippen molar-refractivity contribution in [2.45, 2.75) is 147 Å². The summed E-state index contributed by atoms with van der Waals surface area (Å²) >= 11 is 0. The molecule has 8 fully saturated rings. The van der Waals surface area contributed by atoms with E-state index in [0.29, 0.717) is 61.9 Å². The van der Waals surface area contributed by atoms with Crippen molar-refractivity contribution in [3.05, 3.63) is 0 Å². The molecule has 2 spiro atoms. The molecule has 8 rings (SSSR count). The van der Waals surface area contributed by atoms with Gasteiger partial charge in [-0.15, -0.1) is 0 Å². The number of nitrogens with zero attached hydrogens (tertiary/aromatic N) is 5. The SMILES string of the molecule is CCOC(=O)N1CCC2(CC(=O)C2)C1.CCOC(=O)N1CCC2(CC(N3CCC(N4CCCC[C@@H]4C(=O)NC)CC3)C2)C1.CNC(=O)[C@H]1CCCCN1C1CCNCC1. The first-order valence-corrected chi connectivity index (χ1v) is 23.3. The average Bonchev–Trinajstić information content (AvgIpc) is 3.91. The number of carbonyl (C=O) groups excluding carboxylic acids is 5. The number of hydrogen-bond donors (Lipinski definition) is 3. The second-order valence-electron chi connectivity index (χ2n) is 18.7. The summed E-state index contributed by atoms with van der Waals surface area (Å²) < 4.78 is 10.1. The van der Waals surface area contributed by atoms with Gasteiger partial charge in [-0.2, -0.15) is 0 Å². The summed E-state index contributed by atoms with van der Waals surface area (Å²) in [6.45, 7) is 14.4. The Bertz CT molecular complexity index is 1420. The van der Waals surface area contributed by atoms with Crippen molar-refractivity contribution in [2.75, 3.05) is 92.8 Å². The fraction of sp³-hybridized carbons (Fsp3) is 0.886. The predicted octanol–water partition coefficient (Wildman–Crippen LogP) is 3.60. The van der Waals surface area contributed by atoms with Crippen molar-refractivity contribution in [3.8, 4) is 0 Å². The van der Waals surface area contributed by atoms with Crippen molar-refractivity contribution in [1.29, 1.82) is 0 Å². The molecule has 6 heterocycles. The smallest absolute Gasteiger partial charge is 0.409 e. The molecule has 0 bridgehead atoms. The number of ketones is 1.